The van der Waals surface area contributed by atoms with Crippen molar-refractivity contribution in [3.8, 4) is 5.75 Å². The van der Waals surface area contributed by atoms with Crippen LogP contribution in [0, 0.1) is 19.8 Å². The number of aryl methyl sites for hydroxylation is 2. The topological polar surface area (TPSA) is 32.3 Å². The first kappa shape index (κ1) is 13.0. The highest BCUT2D eigenvalue weighted by molar-refractivity contribution is 5.55. The lowest BCUT2D eigenvalue weighted by Crippen LogP contribution is -2.13. The lowest BCUT2D eigenvalue weighted by Gasteiger charge is -2.21. The van der Waals surface area contributed by atoms with Gasteiger partial charge in [-0.2, -0.15) is 0 Å². The molecule has 2 heteroatoms. The number of aromatic hydroxyl groups is 1. The molecule has 0 spiro atoms. The van der Waals surface area contributed by atoms with Crippen LogP contribution in [0.4, 0.5) is 5.69 Å². The second-order valence-electron chi connectivity index (χ2n) is 5.87. The molecule has 1 saturated carbocycles. The van der Waals surface area contributed by atoms with E-state index in [-0.39, 0.29) is 0 Å². The van der Waals surface area contributed by atoms with E-state index in [0.29, 0.717) is 11.8 Å². The molecular weight excluding hydrogens is 246 g/mol. The Morgan fingerprint density at radius 3 is 2.35 bits per heavy atom. The number of hydrogen-bond donors (Lipinski definition) is 2. The van der Waals surface area contributed by atoms with Crippen LogP contribution < -0.4 is 5.32 Å². The first-order valence-electron chi connectivity index (χ1n) is 7.26. The average molecular weight is 267 g/mol. The molecule has 0 heterocycles. The summed E-state index contributed by atoms with van der Waals surface area (Å²) in [6.07, 6.45) is 2.59. The molecule has 2 aromatic carbocycles. The standard InChI is InChI=1S/C18H21NO/c1-12-3-5-14(6-4-12)18(15-7-8-15)19-17-10-9-16(20)11-13(17)2/h3-6,9-11,15,18-20H,7-8H2,1-2H3. The lowest BCUT2D eigenvalue weighted by atomic mass is 10.00. The summed E-state index contributed by atoms with van der Waals surface area (Å²) in [6, 6.07) is 14.7. The third-order valence-electron chi connectivity index (χ3n) is 4.05. The van der Waals surface area contributed by atoms with Gasteiger partial charge in [0.05, 0.1) is 6.04 Å². The van der Waals surface area contributed by atoms with E-state index in [1.807, 2.05) is 13.0 Å². The van der Waals surface area contributed by atoms with Gasteiger partial charge in [-0.05, 0) is 61.9 Å². The van der Waals surface area contributed by atoms with Crippen molar-refractivity contribution in [2.24, 2.45) is 5.92 Å². The Morgan fingerprint density at radius 1 is 1.05 bits per heavy atom. The minimum atomic E-state index is 0.325. The van der Waals surface area contributed by atoms with E-state index < -0.39 is 0 Å². The van der Waals surface area contributed by atoms with E-state index in [9.17, 15) is 5.11 Å². The second kappa shape index (κ2) is 5.20. The number of nitrogens with one attached hydrogen (secondary N) is 1. The molecule has 3 rings (SSSR count). The molecule has 0 aromatic heterocycles. The summed E-state index contributed by atoms with van der Waals surface area (Å²) in [5, 5.41) is 13.2. The number of benzene rings is 2. The van der Waals surface area contributed by atoms with Crippen molar-refractivity contribution in [3.63, 3.8) is 0 Å². The average Bonchev–Trinajstić information content (AvgIpc) is 3.24. The van der Waals surface area contributed by atoms with Crippen molar-refractivity contribution < 1.29 is 5.11 Å². The molecule has 2 nitrogen and oxygen atoms in total. The summed E-state index contributed by atoms with van der Waals surface area (Å²) in [7, 11) is 0. The van der Waals surface area contributed by atoms with Crippen LogP contribution in [0.15, 0.2) is 42.5 Å². The summed E-state index contributed by atoms with van der Waals surface area (Å²) in [6.45, 7) is 4.15. The predicted octanol–water partition coefficient (Wildman–Crippen LogP) is 4.57. The van der Waals surface area contributed by atoms with Crippen molar-refractivity contribution in [1.29, 1.82) is 0 Å². The zero-order valence-electron chi connectivity index (χ0n) is 12.1. The predicted molar refractivity (Wildman–Crippen MR) is 83.1 cm³/mol. The molecule has 2 N–H and O–H groups in total. The quantitative estimate of drug-likeness (QED) is 0.795. The number of rotatable bonds is 4. The maximum atomic E-state index is 9.51. The van der Waals surface area contributed by atoms with Crippen LogP contribution in [-0.2, 0) is 0 Å². The Kier molecular flexibility index (Phi) is 3.39. The number of anilines is 1. The van der Waals surface area contributed by atoms with Crippen LogP contribution in [0.25, 0.3) is 0 Å². The Hall–Kier alpha value is -1.96. The molecule has 1 aliphatic rings. The van der Waals surface area contributed by atoms with Gasteiger partial charge in [-0.3, -0.25) is 0 Å². The molecule has 1 aliphatic carbocycles. The maximum absolute atomic E-state index is 9.51. The normalized spacial score (nSPS) is 15.9. The molecule has 104 valence electrons. The summed E-state index contributed by atoms with van der Waals surface area (Å²) < 4.78 is 0. The van der Waals surface area contributed by atoms with E-state index in [1.165, 1.54) is 24.0 Å². The number of hydrogen-bond acceptors (Lipinski definition) is 2. The summed E-state index contributed by atoms with van der Waals surface area (Å²) in [5.41, 5.74) is 4.85. The van der Waals surface area contributed by atoms with Crippen LogP contribution in [-0.4, -0.2) is 5.11 Å². The molecular formula is C18H21NO. The second-order valence-corrected chi connectivity index (χ2v) is 5.87. The molecule has 1 unspecified atom stereocenters. The minimum absolute atomic E-state index is 0.325. The van der Waals surface area contributed by atoms with Crippen molar-refractivity contribution in [2.75, 3.05) is 5.32 Å². The zero-order chi connectivity index (χ0) is 14.1. The first-order chi connectivity index (χ1) is 9.63. The summed E-state index contributed by atoms with van der Waals surface area (Å²) in [4.78, 5) is 0. The lowest BCUT2D eigenvalue weighted by molar-refractivity contribution is 0.475. The minimum Gasteiger partial charge on any atom is -0.508 e. The molecule has 1 atom stereocenters. The van der Waals surface area contributed by atoms with Crippen LogP contribution in [0.5, 0.6) is 5.75 Å². The summed E-state index contributed by atoms with van der Waals surface area (Å²) in [5.74, 6) is 1.05. The highest BCUT2D eigenvalue weighted by Crippen LogP contribution is 2.43. The third-order valence-corrected chi connectivity index (χ3v) is 4.05. The monoisotopic (exact) mass is 267 g/mol. The number of phenolic OH excluding ortho intramolecular Hbond substituents is 1. The Labute approximate surface area is 120 Å². The smallest absolute Gasteiger partial charge is 0.115 e. The van der Waals surface area contributed by atoms with Gasteiger partial charge in [-0.25, -0.2) is 0 Å². The molecule has 0 radical (unpaired) electrons. The number of phenols is 1. The first-order valence-corrected chi connectivity index (χ1v) is 7.26. The van der Waals surface area contributed by atoms with Crippen LogP contribution in [0.1, 0.15) is 35.6 Å². The third kappa shape index (κ3) is 2.79. The van der Waals surface area contributed by atoms with Crippen molar-refractivity contribution >= 4 is 5.69 Å². The Bertz CT molecular complexity index is 599. The maximum Gasteiger partial charge on any atom is 0.115 e. The van der Waals surface area contributed by atoms with Gasteiger partial charge >= 0.3 is 0 Å². The fourth-order valence-electron chi connectivity index (χ4n) is 2.65. The van der Waals surface area contributed by atoms with E-state index in [4.69, 9.17) is 0 Å². The zero-order valence-corrected chi connectivity index (χ0v) is 12.1. The van der Waals surface area contributed by atoms with E-state index in [1.54, 1.807) is 12.1 Å². The molecule has 0 saturated heterocycles. The fraction of sp³-hybridized carbons (Fsp3) is 0.333. The van der Waals surface area contributed by atoms with Gasteiger partial charge in [0.1, 0.15) is 5.75 Å². The highest BCUT2D eigenvalue weighted by atomic mass is 16.3. The van der Waals surface area contributed by atoms with Crippen molar-refractivity contribution in [3.05, 3.63) is 59.2 Å². The van der Waals surface area contributed by atoms with Crippen molar-refractivity contribution in [1.82, 2.24) is 0 Å². The van der Waals surface area contributed by atoms with E-state index >= 15 is 0 Å². The van der Waals surface area contributed by atoms with E-state index in [2.05, 4.69) is 36.5 Å². The van der Waals surface area contributed by atoms with Gasteiger partial charge in [-0.15, -0.1) is 0 Å². The van der Waals surface area contributed by atoms with Crippen molar-refractivity contribution in [2.45, 2.75) is 32.7 Å². The van der Waals surface area contributed by atoms with Crippen LogP contribution in [0.2, 0.25) is 0 Å². The molecule has 1 fully saturated rings. The molecule has 20 heavy (non-hydrogen) atoms. The molecule has 0 amide bonds. The highest BCUT2D eigenvalue weighted by Gasteiger charge is 2.32. The van der Waals surface area contributed by atoms with Gasteiger partial charge in [0.15, 0.2) is 0 Å². The SMILES string of the molecule is Cc1ccc(C(Nc2ccc(O)cc2C)C2CC2)cc1. The Balaban J connectivity index is 1.86. The van der Waals surface area contributed by atoms with Gasteiger partial charge in [0.2, 0.25) is 0 Å². The van der Waals surface area contributed by atoms with Gasteiger partial charge in [0.25, 0.3) is 0 Å². The van der Waals surface area contributed by atoms with Gasteiger partial charge < -0.3 is 10.4 Å². The molecule has 0 bridgehead atoms. The molecule has 0 aliphatic heterocycles. The van der Waals surface area contributed by atoms with Gasteiger partial charge in [-0.1, -0.05) is 29.8 Å². The van der Waals surface area contributed by atoms with Crippen LogP contribution in [0.3, 0.4) is 0 Å². The molecule has 2 aromatic rings. The fourth-order valence-corrected chi connectivity index (χ4v) is 2.65. The van der Waals surface area contributed by atoms with E-state index in [0.717, 1.165) is 17.2 Å². The van der Waals surface area contributed by atoms with Crippen LogP contribution >= 0.6 is 0 Å². The summed E-state index contributed by atoms with van der Waals surface area (Å²) >= 11 is 0. The largest absolute Gasteiger partial charge is 0.508 e. The van der Waals surface area contributed by atoms with Gasteiger partial charge in [0, 0.05) is 5.69 Å². The Morgan fingerprint density at radius 2 is 1.75 bits per heavy atom.